The predicted molar refractivity (Wildman–Crippen MR) is 113 cm³/mol. The summed E-state index contributed by atoms with van der Waals surface area (Å²) >= 11 is 5.20. The average Bonchev–Trinajstić information content (AvgIpc) is 3.04. The summed E-state index contributed by atoms with van der Waals surface area (Å²) in [5.41, 5.74) is 4.41. The highest BCUT2D eigenvalue weighted by Gasteiger charge is 2.12. The Bertz CT molecular complexity index is 992. The number of fused-ring (bicyclic) bond motifs is 1. The molecule has 0 saturated carbocycles. The summed E-state index contributed by atoms with van der Waals surface area (Å²) in [5.74, 6) is 0.728. The number of rotatable bonds is 4. The van der Waals surface area contributed by atoms with Crippen molar-refractivity contribution >= 4 is 40.0 Å². The van der Waals surface area contributed by atoms with E-state index in [1.165, 1.54) is 5.56 Å². The van der Waals surface area contributed by atoms with Crippen LogP contribution in [0.15, 0.2) is 46.9 Å². The van der Waals surface area contributed by atoms with Gasteiger partial charge in [0.25, 0.3) is 0 Å². The SMILES string of the molecule is CC(C)C(=O)NC(=S)Nc1cccc(-c2nc3cc(C(C)C)ccc3o2)c1. The van der Waals surface area contributed by atoms with E-state index in [4.69, 9.17) is 16.6 Å². The minimum Gasteiger partial charge on any atom is -0.436 e. The normalized spacial score (nSPS) is 11.2. The summed E-state index contributed by atoms with van der Waals surface area (Å²) in [6, 6.07) is 13.7. The first-order valence-electron chi connectivity index (χ1n) is 8.96. The van der Waals surface area contributed by atoms with Crippen molar-refractivity contribution in [2.45, 2.75) is 33.6 Å². The lowest BCUT2D eigenvalue weighted by molar-refractivity contribution is -0.122. The second-order valence-corrected chi connectivity index (χ2v) is 7.49. The summed E-state index contributed by atoms with van der Waals surface area (Å²) in [7, 11) is 0. The Labute approximate surface area is 164 Å². The van der Waals surface area contributed by atoms with Crippen LogP contribution in [0.1, 0.15) is 39.2 Å². The maximum atomic E-state index is 11.7. The van der Waals surface area contributed by atoms with Gasteiger partial charge in [-0.2, -0.15) is 0 Å². The molecule has 0 aliphatic heterocycles. The van der Waals surface area contributed by atoms with E-state index in [1.54, 1.807) is 0 Å². The summed E-state index contributed by atoms with van der Waals surface area (Å²) in [4.78, 5) is 16.4. The van der Waals surface area contributed by atoms with Gasteiger partial charge in [-0.25, -0.2) is 4.98 Å². The molecule has 5 nitrogen and oxygen atoms in total. The lowest BCUT2D eigenvalue weighted by Crippen LogP contribution is -2.36. The molecule has 1 aromatic heterocycles. The quantitative estimate of drug-likeness (QED) is 0.616. The van der Waals surface area contributed by atoms with Gasteiger partial charge in [0.1, 0.15) is 5.52 Å². The Hall–Kier alpha value is -2.73. The predicted octanol–water partition coefficient (Wildman–Crippen LogP) is 5.09. The first-order chi connectivity index (χ1) is 12.8. The number of carbonyl (C=O) groups is 1. The number of hydrogen-bond acceptors (Lipinski definition) is 4. The van der Waals surface area contributed by atoms with Gasteiger partial charge in [-0.15, -0.1) is 0 Å². The molecule has 1 amide bonds. The summed E-state index contributed by atoms with van der Waals surface area (Å²) in [6.45, 7) is 7.93. The maximum absolute atomic E-state index is 11.7. The molecule has 0 saturated heterocycles. The number of hydrogen-bond donors (Lipinski definition) is 2. The molecule has 3 aromatic rings. The Morgan fingerprint density at radius 1 is 1.11 bits per heavy atom. The molecule has 6 heteroatoms. The highest BCUT2D eigenvalue weighted by Crippen LogP contribution is 2.28. The molecule has 27 heavy (non-hydrogen) atoms. The number of amides is 1. The van der Waals surface area contributed by atoms with Gasteiger partial charge in [0.2, 0.25) is 11.8 Å². The lowest BCUT2D eigenvalue weighted by Gasteiger charge is -2.11. The van der Waals surface area contributed by atoms with Crippen LogP contribution in [0.25, 0.3) is 22.6 Å². The topological polar surface area (TPSA) is 67.2 Å². The van der Waals surface area contributed by atoms with Crippen LogP contribution in [0, 0.1) is 5.92 Å². The molecule has 0 atom stereocenters. The van der Waals surface area contributed by atoms with Crippen molar-refractivity contribution in [1.82, 2.24) is 10.3 Å². The minimum absolute atomic E-state index is 0.122. The second kappa shape index (κ2) is 7.88. The van der Waals surface area contributed by atoms with Gasteiger partial charge in [0.15, 0.2) is 10.7 Å². The van der Waals surface area contributed by atoms with Crippen LogP contribution in [-0.2, 0) is 4.79 Å². The fourth-order valence-corrected chi connectivity index (χ4v) is 2.79. The van der Waals surface area contributed by atoms with Gasteiger partial charge >= 0.3 is 0 Å². The molecular weight excluding hydrogens is 358 g/mol. The van der Waals surface area contributed by atoms with Crippen molar-refractivity contribution in [1.29, 1.82) is 0 Å². The first-order valence-corrected chi connectivity index (χ1v) is 9.37. The second-order valence-electron chi connectivity index (χ2n) is 7.08. The average molecular weight is 382 g/mol. The van der Waals surface area contributed by atoms with E-state index < -0.39 is 0 Å². The van der Waals surface area contributed by atoms with Crippen LogP contribution in [0.3, 0.4) is 0 Å². The fraction of sp³-hybridized carbons (Fsp3) is 0.286. The van der Waals surface area contributed by atoms with Crippen molar-refractivity contribution < 1.29 is 9.21 Å². The summed E-state index contributed by atoms with van der Waals surface area (Å²) < 4.78 is 5.90. The van der Waals surface area contributed by atoms with E-state index in [-0.39, 0.29) is 16.9 Å². The molecule has 140 valence electrons. The standard InChI is InChI=1S/C21H23N3O2S/c1-12(2)14-8-9-18-17(11-14)23-20(26-18)15-6-5-7-16(10-15)22-21(27)24-19(25)13(3)4/h5-13H,1-4H3,(H2,22,24,25,27). The van der Waals surface area contributed by atoms with E-state index in [2.05, 4.69) is 41.6 Å². The van der Waals surface area contributed by atoms with E-state index in [0.29, 0.717) is 11.8 Å². The minimum atomic E-state index is -0.133. The first kappa shape index (κ1) is 19.0. The van der Waals surface area contributed by atoms with Gasteiger partial charge in [-0.1, -0.05) is 39.8 Å². The Balaban J connectivity index is 1.82. The Morgan fingerprint density at radius 2 is 1.89 bits per heavy atom. The van der Waals surface area contributed by atoms with Gasteiger partial charge < -0.3 is 15.1 Å². The van der Waals surface area contributed by atoms with Gasteiger partial charge in [0, 0.05) is 17.2 Å². The molecule has 0 fully saturated rings. The van der Waals surface area contributed by atoms with Gasteiger partial charge in [-0.05, 0) is 54.0 Å². The zero-order valence-corrected chi connectivity index (χ0v) is 16.7. The van der Waals surface area contributed by atoms with E-state index in [1.807, 2.05) is 44.2 Å². The summed E-state index contributed by atoms with van der Waals surface area (Å²) in [5, 5.41) is 5.96. The van der Waals surface area contributed by atoms with Crippen LogP contribution in [-0.4, -0.2) is 16.0 Å². The monoisotopic (exact) mass is 381 g/mol. The molecule has 2 N–H and O–H groups in total. The van der Waals surface area contributed by atoms with Crippen molar-refractivity contribution in [2.24, 2.45) is 5.92 Å². The number of carbonyl (C=O) groups excluding carboxylic acids is 1. The molecule has 0 unspecified atom stereocenters. The van der Waals surface area contributed by atoms with Crippen LogP contribution in [0.4, 0.5) is 5.69 Å². The number of anilines is 1. The van der Waals surface area contributed by atoms with Crippen LogP contribution < -0.4 is 10.6 Å². The van der Waals surface area contributed by atoms with Crippen molar-refractivity contribution in [2.75, 3.05) is 5.32 Å². The lowest BCUT2D eigenvalue weighted by atomic mass is 10.0. The maximum Gasteiger partial charge on any atom is 0.228 e. The number of oxazole rings is 1. The largest absolute Gasteiger partial charge is 0.436 e. The molecule has 1 heterocycles. The van der Waals surface area contributed by atoms with Crippen LogP contribution in [0.5, 0.6) is 0 Å². The van der Waals surface area contributed by atoms with Crippen molar-refractivity contribution in [3.8, 4) is 11.5 Å². The zero-order valence-electron chi connectivity index (χ0n) is 15.9. The van der Waals surface area contributed by atoms with Crippen LogP contribution in [0.2, 0.25) is 0 Å². The van der Waals surface area contributed by atoms with E-state index >= 15 is 0 Å². The third-order valence-electron chi connectivity index (χ3n) is 4.21. The zero-order chi connectivity index (χ0) is 19.6. The van der Waals surface area contributed by atoms with Gasteiger partial charge in [0.05, 0.1) is 0 Å². The number of thiocarbonyl (C=S) groups is 1. The molecular formula is C21H23N3O2S. The van der Waals surface area contributed by atoms with Crippen LogP contribution >= 0.6 is 12.2 Å². The molecule has 2 aromatic carbocycles. The summed E-state index contributed by atoms with van der Waals surface area (Å²) in [6.07, 6.45) is 0. The Morgan fingerprint density at radius 3 is 2.59 bits per heavy atom. The number of nitrogens with zero attached hydrogens (tertiary/aromatic N) is 1. The van der Waals surface area contributed by atoms with Crippen molar-refractivity contribution in [3.05, 3.63) is 48.0 Å². The fourth-order valence-electron chi connectivity index (χ4n) is 2.58. The third kappa shape index (κ3) is 4.52. The molecule has 0 spiro atoms. The molecule has 0 bridgehead atoms. The molecule has 3 rings (SSSR count). The number of nitrogens with one attached hydrogen (secondary N) is 2. The van der Waals surface area contributed by atoms with E-state index in [9.17, 15) is 4.79 Å². The molecule has 0 aliphatic rings. The highest BCUT2D eigenvalue weighted by molar-refractivity contribution is 7.80. The molecule has 0 radical (unpaired) electrons. The Kier molecular flexibility index (Phi) is 5.56. The third-order valence-corrected chi connectivity index (χ3v) is 4.41. The highest BCUT2D eigenvalue weighted by atomic mass is 32.1. The molecule has 0 aliphatic carbocycles. The smallest absolute Gasteiger partial charge is 0.228 e. The number of aromatic nitrogens is 1. The van der Waals surface area contributed by atoms with E-state index in [0.717, 1.165) is 22.4 Å². The number of benzene rings is 2. The van der Waals surface area contributed by atoms with Crippen molar-refractivity contribution in [3.63, 3.8) is 0 Å². The van der Waals surface area contributed by atoms with Gasteiger partial charge in [-0.3, -0.25) is 4.79 Å².